The van der Waals surface area contributed by atoms with Gasteiger partial charge in [0, 0.05) is 48.4 Å². The van der Waals surface area contributed by atoms with Gasteiger partial charge in [-0.15, -0.1) is 11.3 Å². The Labute approximate surface area is 147 Å². The summed E-state index contributed by atoms with van der Waals surface area (Å²) >= 11 is 1.71. The molecular formula is C19H25N3OS. The molecule has 4 rings (SSSR count). The lowest BCUT2D eigenvalue weighted by molar-refractivity contribution is 0.186. The first-order valence-electron chi connectivity index (χ1n) is 8.89. The minimum Gasteiger partial charge on any atom is -0.380 e. The summed E-state index contributed by atoms with van der Waals surface area (Å²) in [7, 11) is 0. The number of thiazole rings is 1. The van der Waals surface area contributed by atoms with Crippen LogP contribution in [0, 0.1) is 6.92 Å². The van der Waals surface area contributed by atoms with E-state index in [1.54, 1.807) is 11.3 Å². The molecule has 0 bridgehead atoms. The van der Waals surface area contributed by atoms with Gasteiger partial charge in [0.05, 0.1) is 17.3 Å². The van der Waals surface area contributed by atoms with Gasteiger partial charge in [-0.25, -0.2) is 4.98 Å². The highest BCUT2D eigenvalue weighted by Gasteiger charge is 2.24. The summed E-state index contributed by atoms with van der Waals surface area (Å²) < 4.78 is 5.47. The molecular weight excluding hydrogens is 318 g/mol. The second-order valence-corrected chi connectivity index (χ2v) is 7.85. The summed E-state index contributed by atoms with van der Waals surface area (Å²) in [4.78, 5) is 7.12. The van der Waals surface area contributed by atoms with E-state index in [9.17, 15) is 0 Å². The molecule has 0 saturated carbocycles. The first kappa shape index (κ1) is 16.1. The van der Waals surface area contributed by atoms with Gasteiger partial charge in [0.25, 0.3) is 0 Å². The molecule has 2 saturated heterocycles. The van der Waals surface area contributed by atoms with E-state index in [-0.39, 0.29) is 0 Å². The third-order valence-electron chi connectivity index (χ3n) is 5.02. The second-order valence-electron chi connectivity index (χ2n) is 6.79. The number of piperidine rings is 1. The number of hydrogen-bond donors (Lipinski definition) is 1. The molecule has 2 aromatic rings. The third kappa shape index (κ3) is 3.63. The highest BCUT2D eigenvalue weighted by Crippen LogP contribution is 2.27. The normalized spacial score (nSPS) is 22.2. The Hall–Kier alpha value is -1.43. The van der Waals surface area contributed by atoms with Crippen molar-refractivity contribution in [3.05, 3.63) is 34.7 Å². The first-order valence-corrected chi connectivity index (χ1v) is 9.77. The van der Waals surface area contributed by atoms with E-state index in [0.29, 0.717) is 12.1 Å². The number of aryl methyl sites for hydroxylation is 1. The van der Waals surface area contributed by atoms with Crippen molar-refractivity contribution in [3.63, 3.8) is 0 Å². The van der Waals surface area contributed by atoms with Crippen LogP contribution in [-0.4, -0.2) is 43.4 Å². The Morgan fingerprint density at radius 3 is 2.79 bits per heavy atom. The molecule has 1 atom stereocenters. The highest BCUT2D eigenvalue weighted by molar-refractivity contribution is 7.09. The molecule has 0 unspecified atom stereocenters. The minimum atomic E-state index is 0.567. The van der Waals surface area contributed by atoms with Gasteiger partial charge in [-0.2, -0.15) is 0 Å². The molecule has 0 amide bonds. The van der Waals surface area contributed by atoms with E-state index in [4.69, 9.17) is 4.74 Å². The molecule has 1 aromatic carbocycles. The number of anilines is 1. The number of aromatic nitrogens is 1. The fourth-order valence-electron chi connectivity index (χ4n) is 3.66. The second kappa shape index (κ2) is 7.21. The predicted molar refractivity (Wildman–Crippen MR) is 99.9 cm³/mol. The van der Waals surface area contributed by atoms with Crippen molar-refractivity contribution in [1.82, 2.24) is 10.3 Å². The van der Waals surface area contributed by atoms with Crippen LogP contribution in [-0.2, 0) is 4.74 Å². The smallest absolute Gasteiger partial charge is 0.0901 e. The van der Waals surface area contributed by atoms with Gasteiger partial charge in [0.2, 0.25) is 0 Å². The van der Waals surface area contributed by atoms with Crippen molar-refractivity contribution < 1.29 is 4.74 Å². The number of ether oxygens (including phenoxy) is 1. The monoisotopic (exact) mass is 343 g/mol. The average molecular weight is 343 g/mol. The van der Waals surface area contributed by atoms with Gasteiger partial charge in [-0.3, -0.25) is 0 Å². The Morgan fingerprint density at radius 2 is 2.08 bits per heavy atom. The molecule has 2 fully saturated rings. The van der Waals surface area contributed by atoms with Crippen LogP contribution < -0.4 is 10.2 Å². The number of nitrogens with one attached hydrogen (secondary N) is 1. The summed E-state index contributed by atoms with van der Waals surface area (Å²) in [5.74, 6) is 0. The van der Waals surface area contributed by atoms with Gasteiger partial charge >= 0.3 is 0 Å². The molecule has 2 aliphatic heterocycles. The van der Waals surface area contributed by atoms with Crippen molar-refractivity contribution in [3.8, 4) is 11.3 Å². The van der Waals surface area contributed by atoms with Crippen LogP contribution in [0.25, 0.3) is 11.3 Å². The van der Waals surface area contributed by atoms with Gasteiger partial charge in [0.15, 0.2) is 0 Å². The Balaban J connectivity index is 1.38. The quantitative estimate of drug-likeness (QED) is 0.922. The lowest BCUT2D eigenvalue weighted by Crippen LogP contribution is -2.46. The van der Waals surface area contributed by atoms with Crippen LogP contribution in [0.2, 0.25) is 0 Å². The SMILES string of the molecule is Cc1nc(-c2cccc(N3CCC(N[C@@H]4CCOC4)CC3)c2)cs1. The van der Waals surface area contributed by atoms with E-state index in [1.807, 2.05) is 0 Å². The van der Waals surface area contributed by atoms with Gasteiger partial charge in [-0.05, 0) is 38.3 Å². The molecule has 128 valence electrons. The lowest BCUT2D eigenvalue weighted by Gasteiger charge is -2.35. The van der Waals surface area contributed by atoms with E-state index < -0.39 is 0 Å². The molecule has 3 heterocycles. The fraction of sp³-hybridized carbons (Fsp3) is 0.526. The lowest BCUT2D eigenvalue weighted by atomic mass is 10.0. The number of benzene rings is 1. The summed E-state index contributed by atoms with van der Waals surface area (Å²) in [5, 5.41) is 7.04. The Morgan fingerprint density at radius 1 is 1.21 bits per heavy atom. The van der Waals surface area contributed by atoms with Gasteiger partial charge in [-0.1, -0.05) is 12.1 Å². The third-order valence-corrected chi connectivity index (χ3v) is 5.80. The average Bonchev–Trinajstić information content (AvgIpc) is 3.27. The Kier molecular flexibility index (Phi) is 4.83. The molecule has 5 heteroatoms. The molecule has 24 heavy (non-hydrogen) atoms. The zero-order valence-corrected chi connectivity index (χ0v) is 15.0. The molecule has 1 N–H and O–H groups in total. The summed E-state index contributed by atoms with van der Waals surface area (Å²) in [5.41, 5.74) is 3.64. The molecule has 0 radical (unpaired) electrons. The van der Waals surface area contributed by atoms with Crippen LogP contribution in [0.4, 0.5) is 5.69 Å². The minimum absolute atomic E-state index is 0.567. The van der Waals surface area contributed by atoms with Gasteiger partial charge in [0.1, 0.15) is 0 Å². The van der Waals surface area contributed by atoms with Crippen LogP contribution >= 0.6 is 11.3 Å². The maximum Gasteiger partial charge on any atom is 0.0901 e. The summed E-state index contributed by atoms with van der Waals surface area (Å²) in [6, 6.07) is 10.0. The predicted octanol–water partition coefficient (Wildman–Crippen LogP) is 3.47. The molecule has 2 aliphatic rings. The molecule has 1 aromatic heterocycles. The molecule has 0 aliphatic carbocycles. The summed E-state index contributed by atoms with van der Waals surface area (Å²) in [6.07, 6.45) is 3.57. The fourth-order valence-corrected chi connectivity index (χ4v) is 4.28. The Bertz CT molecular complexity index is 673. The van der Waals surface area contributed by atoms with Crippen LogP contribution in [0.15, 0.2) is 29.6 Å². The number of rotatable bonds is 4. The maximum atomic E-state index is 5.47. The van der Waals surface area contributed by atoms with Crippen molar-refractivity contribution in [2.24, 2.45) is 0 Å². The van der Waals surface area contributed by atoms with Crippen LogP contribution in [0.3, 0.4) is 0 Å². The van der Waals surface area contributed by atoms with Crippen LogP contribution in [0.1, 0.15) is 24.3 Å². The zero-order valence-electron chi connectivity index (χ0n) is 14.2. The number of hydrogen-bond acceptors (Lipinski definition) is 5. The van der Waals surface area contributed by atoms with E-state index in [1.165, 1.54) is 24.1 Å². The maximum absolute atomic E-state index is 5.47. The molecule has 4 nitrogen and oxygen atoms in total. The van der Waals surface area contributed by atoms with Crippen LogP contribution in [0.5, 0.6) is 0 Å². The topological polar surface area (TPSA) is 37.4 Å². The van der Waals surface area contributed by atoms with Gasteiger partial charge < -0.3 is 15.0 Å². The van der Waals surface area contributed by atoms with Crippen molar-refractivity contribution in [2.75, 3.05) is 31.2 Å². The van der Waals surface area contributed by atoms with Crippen molar-refractivity contribution in [2.45, 2.75) is 38.3 Å². The highest BCUT2D eigenvalue weighted by atomic mass is 32.1. The van der Waals surface area contributed by atoms with Crippen molar-refractivity contribution >= 4 is 17.0 Å². The summed E-state index contributed by atoms with van der Waals surface area (Å²) in [6.45, 7) is 6.09. The van der Waals surface area contributed by atoms with E-state index >= 15 is 0 Å². The first-order chi connectivity index (χ1) is 11.8. The largest absolute Gasteiger partial charge is 0.380 e. The van der Waals surface area contributed by atoms with Crippen molar-refractivity contribution in [1.29, 1.82) is 0 Å². The van der Waals surface area contributed by atoms with E-state index in [2.05, 4.69) is 51.8 Å². The standard InChI is InChI=1S/C19H25N3OS/c1-14-20-19(13-24-14)15-3-2-4-18(11-15)22-8-5-16(6-9-22)21-17-7-10-23-12-17/h2-4,11,13,16-17,21H,5-10,12H2,1H3/t17-/m1/s1. The zero-order chi connectivity index (χ0) is 16.4. The number of nitrogens with zero attached hydrogens (tertiary/aromatic N) is 2. The van der Waals surface area contributed by atoms with E-state index in [0.717, 1.165) is 43.4 Å². The molecule has 0 spiro atoms.